The zero-order valence-corrected chi connectivity index (χ0v) is 14.4. The van der Waals surface area contributed by atoms with Gasteiger partial charge in [-0.3, -0.25) is 0 Å². The Morgan fingerprint density at radius 3 is 1.29 bits per heavy atom. The number of carbonyl (C=O) groups is 1. The van der Waals surface area contributed by atoms with E-state index in [1.807, 2.05) is 0 Å². The van der Waals surface area contributed by atoms with Crippen molar-refractivity contribution in [3.63, 3.8) is 0 Å². The Hall–Kier alpha value is 0.950. The summed E-state index contributed by atoms with van der Waals surface area (Å²) in [5.41, 5.74) is 0. The predicted molar refractivity (Wildman–Crippen MR) is 39.4 cm³/mol. The number of carboxylic acids is 1. The Labute approximate surface area is 141 Å². The zero-order valence-electron chi connectivity index (χ0n) is 8.72. The molecule has 0 aliphatic heterocycles. The Morgan fingerprint density at radius 2 is 1.24 bits per heavy atom. The first kappa shape index (κ1) is 26.5. The van der Waals surface area contributed by atoms with Crippen molar-refractivity contribution in [3.8, 4) is 0 Å². The number of hydrogen-bond acceptors (Lipinski definition) is 9. The van der Waals surface area contributed by atoms with E-state index in [0.717, 1.165) is 6.08 Å². The SMILES string of the molecule is C=CC(=O)O.O=S(=O)([O-])OOS(=O)(=O)[O-].[Na+].[Na+]. The minimum absolute atomic E-state index is 0. The van der Waals surface area contributed by atoms with Crippen LogP contribution in [0.1, 0.15) is 0 Å². The second-order valence-corrected chi connectivity index (χ2v) is 3.40. The summed E-state index contributed by atoms with van der Waals surface area (Å²) >= 11 is 0. The quantitative estimate of drug-likeness (QED) is 0.131. The van der Waals surface area contributed by atoms with Crippen LogP contribution in [0.2, 0.25) is 0 Å². The molecule has 0 saturated carbocycles. The summed E-state index contributed by atoms with van der Waals surface area (Å²) in [5.74, 6) is -0.981. The molecule has 0 aromatic carbocycles. The maximum absolute atomic E-state index is 9.37. The molecule has 0 bridgehead atoms. The maximum Gasteiger partial charge on any atom is 1.00 e. The van der Waals surface area contributed by atoms with Gasteiger partial charge in [-0.05, 0) is 0 Å². The molecule has 14 heteroatoms. The van der Waals surface area contributed by atoms with Crippen LogP contribution in [-0.2, 0) is 34.3 Å². The molecule has 0 aliphatic carbocycles. The van der Waals surface area contributed by atoms with Gasteiger partial charge in [-0.25, -0.2) is 21.6 Å². The second kappa shape index (κ2) is 12.0. The van der Waals surface area contributed by atoms with Crippen LogP contribution in [0.25, 0.3) is 0 Å². The summed E-state index contributed by atoms with van der Waals surface area (Å²) in [4.78, 5) is 9.25. The first-order valence-electron chi connectivity index (χ1n) is 2.62. The fraction of sp³-hybridized carbons (Fsp3) is 0. The van der Waals surface area contributed by atoms with Crippen LogP contribution in [0.3, 0.4) is 0 Å². The molecule has 0 aromatic heterocycles. The molecule has 90 valence electrons. The van der Waals surface area contributed by atoms with Crippen molar-refractivity contribution in [2.75, 3.05) is 0 Å². The molecule has 0 heterocycles. The monoisotopic (exact) mass is 310 g/mol. The van der Waals surface area contributed by atoms with Crippen molar-refractivity contribution < 1.29 is 104 Å². The molecule has 0 rings (SSSR count). The van der Waals surface area contributed by atoms with Gasteiger partial charge in [-0.2, -0.15) is 0 Å². The summed E-state index contributed by atoms with van der Waals surface area (Å²) in [6.45, 7) is 2.96. The molecule has 0 fully saturated rings. The van der Waals surface area contributed by atoms with E-state index in [0.29, 0.717) is 0 Å². The van der Waals surface area contributed by atoms with Gasteiger partial charge in [-0.1, -0.05) is 6.58 Å². The molecule has 0 aromatic rings. The number of hydrogen-bond donors (Lipinski definition) is 1. The van der Waals surface area contributed by atoms with Crippen LogP contribution >= 0.6 is 0 Å². The summed E-state index contributed by atoms with van der Waals surface area (Å²) in [5, 5.41) is 7.60. The number of aliphatic carboxylic acids is 1. The van der Waals surface area contributed by atoms with Crippen LogP contribution in [0.5, 0.6) is 0 Å². The molecule has 0 radical (unpaired) electrons. The molecular weight excluding hydrogens is 306 g/mol. The summed E-state index contributed by atoms with van der Waals surface area (Å²) in [7, 11) is -10.6. The van der Waals surface area contributed by atoms with Gasteiger partial charge >= 0.3 is 65.1 Å². The maximum atomic E-state index is 9.37. The molecule has 0 amide bonds. The largest absolute Gasteiger partial charge is 1.00 e. The third-order valence-corrected chi connectivity index (χ3v) is 0.925. The van der Waals surface area contributed by atoms with Crippen molar-refractivity contribution in [1.82, 2.24) is 0 Å². The average Bonchev–Trinajstić information content (AvgIpc) is 2.00. The van der Waals surface area contributed by atoms with Gasteiger partial charge in [0.25, 0.3) is 0 Å². The average molecular weight is 310 g/mol. The molecule has 0 unspecified atom stereocenters. The Bertz CT molecular complexity index is 377. The van der Waals surface area contributed by atoms with Crippen molar-refractivity contribution in [2.45, 2.75) is 0 Å². The Kier molecular flexibility index (Phi) is 18.7. The van der Waals surface area contributed by atoms with Crippen LogP contribution in [-0.4, -0.2) is 37.0 Å². The smallest absolute Gasteiger partial charge is 0.724 e. The van der Waals surface area contributed by atoms with E-state index < -0.39 is 26.8 Å². The van der Waals surface area contributed by atoms with E-state index >= 15 is 0 Å². The van der Waals surface area contributed by atoms with E-state index in [1.54, 1.807) is 0 Å². The predicted octanol–water partition coefficient (Wildman–Crippen LogP) is -7.88. The van der Waals surface area contributed by atoms with Crippen molar-refractivity contribution in [3.05, 3.63) is 12.7 Å². The molecule has 1 N–H and O–H groups in total. The summed E-state index contributed by atoms with van der Waals surface area (Å²) in [6.07, 6.45) is 0.833. The first-order chi connectivity index (χ1) is 6.48. The zero-order chi connectivity index (χ0) is 12.7. The second-order valence-electron chi connectivity index (χ2n) is 1.49. The van der Waals surface area contributed by atoms with Gasteiger partial charge in [-0.15, -0.1) is 8.67 Å². The van der Waals surface area contributed by atoms with E-state index in [1.165, 1.54) is 0 Å². The van der Waals surface area contributed by atoms with Crippen molar-refractivity contribution in [1.29, 1.82) is 0 Å². The van der Waals surface area contributed by atoms with Gasteiger partial charge < -0.3 is 14.2 Å². The molecule has 0 aliphatic rings. The summed E-state index contributed by atoms with van der Waals surface area (Å²) in [6, 6.07) is 0. The standard InChI is InChI=1S/C3H4O2.2Na.H2O8S2/c1-2-3(4)5;;;1-9(2,3)7-8-10(4,5)6/h2H,1H2,(H,4,5);;;(H,1,2,3)(H,4,5,6)/q;2*+1;/p-2. The third kappa shape index (κ3) is 38.3. The number of carboxylic acid groups (broad SMARTS) is 1. The first-order valence-corrected chi connectivity index (χ1v) is 5.29. The van der Waals surface area contributed by atoms with E-state index in [9.17, 15) is 30.7 Å². The van der Waals surface area contributed by atoms with Gasteiger partial charge in [0.05, 0.1) is 0 Å². The van der Waals surface area contributed by atoms with Crippen LogP contribution in [0.15, 0.2) is 12.7 Å². The minimum Gasteiger partial charge on any atom is -0.724 e. The van der Waals surface area contributed by atoms with Gasteiger partial charge in [0, 0.05) is 6.08 Å². The molecular formula is C3H4Na2O10S2. The molecule has 17 heavy (non-hydrogen) atoms. The molecule has 10 nitrogen and oxygen atoms in total. The van der Waals surface area contributed by atoms with E-state index in [4.69, 9.17) is 5.11 Å². The van der Waals surface area contributed by atoms with Crippen LogP contribution < -0.4 is 59.1 Å². The molecule has 0 spiro atoms. The normalized spacial score (nSPS) is 9.76. The Balaban J connectivity index is -0.000000105. The Morgan fingerprint density at radius 1 is 1.06 bits per heavy atom. The van der Waals surface area contributed by atoms with Gasteiger partial charge in [0.1, 0.15) is 0 Å². The van der Waals surface area contributed by atoms with Crippen LogP contribution in [0, 0.1) is 0 Å². The van der Waals surface area contributed by atoms with Crippen molar-refractivity contribution in [2.24, 2.45) is 0 Å². The third-order valence-electron chi connectivity index (χ3n) is 0.369. The molecule has 0 saturated heterocycles. The number of rotatable bonds is 4. The van der Waals surface area contributed by atoms with Crippen LogP contribution in [0.4, 0.5) is 0 Å². The molecule has 0 atom stereocenters. The topological polar surface area (TPSA) is 170 Å². The van der Waals surface area contributed by atoms with E-state index in [-0.39, 0.29) is 59.1 Å². The fourth-order valence-electron chi connectivity index (χ4n) is 0.0680. The van der Waals surface area contributed by atoms with E-state index in [2.05, 4.69) is 15.2 Å². The summed E-state index contributed by atoms with van der Waals surface area (Å²) < 4.78 is 61.5. The van der Waals surface area contributed by atoms with Gasteiger partial charge in [0.2, 0.25) is 20.8 Å². The fourth-order valence-corrected chi connectivity index (χ4v) is 0.612. The minimum atomic E-state index is -5.31. The van der Waals surface area contributed by atoms with Crippen molar-refractivity contribution >= 4 is 26.8 Å². The van der Waals surface area contributed by atoms with Gasteiger partial charge in [0.15, 0.2) is 0 Å².